The van der Waals surface area contributed by atoms with E-state index in [0.717, 1.165) is 25.7 Å². The van der Waals surface area contributed by atoms with Crippen molar-refractivity contribution in [1.82, 2.24) is 4.81 Å². The van der Waals surface area contributed by atoms with Gasteiger partial charge in [-0.05, 0) is 31.8 Å². The molecule has 1 aliphatic rings. The van der Waals surface area contributed by atoms with Crippen LogP contribution in [0.25, 0.3) is 0 Å². The Morgan fingerprint density at radius 2 is 2.12 bits per heavy atom. The van der Waals surface area contributed by atoms with Crippen LogP contribution in [0.5, 0.6) is 0 Å². The molecule has 1 aromatic carbocycles. The van der Waals surface area contributed by atoms with Crippen molar-refractivity contribution in [3.8, 4) is 0 Å². The Bertz CT molecular complexity index is 364. The highest BCUT2D eigenvalue weighted by Crippen LogP contribution is 2.32. The topological polar surface area (TPSA) is 40.5 Å². The molecule has 0 aliphatic carbocycles. The minimum atomic E-state index is -0.404. The van der Waals surface area contributed by atoms with E-state index >= 15 is 0 Å². The summed E-state index contributed by atoms with van der Waals surface area (Å²) in [5.74, 6) is 0. The Balaban J connectivity index is 2.19. The fraction of sp³-hybridized carbons (Fsp3) is 0.417. The SMILES string of the molecule is CB(O)N1CCCC1c1ccc(C=O)cc1. The molecule has 3 nitrogen and oxygen atoms in total. The van der Waals surface area contributed by atoms with Crippen LogP contribution >= 0.6 is 0 Å². The van der Waals surface area contributed by atoms with E-state index < -0.39 is 7.05 Å². The fourth-order valence-electron chi connectivity index (χ4n) is 2.39. The molecule has 1 saturated heterocycles. The monoisotopic (exact) mass is 217 g/mol. The maximum Gasteiger partial charge on any atom is 0.376 e. The summed E-state index contributed by atoms with van der Waals surface area (Å²) >= 11 is 0. The smallest absolute Gasteiger partial charge is 0.376 e. The van der Waals surface area contributed by atoms with Crippen molar-refractivity contribution in [2.75, 3.05) is 6.54 Å². The van der Waals surface area contributed by atoms with Crippen molar-refractivity contribution in [3.05, 3.63) is 35.4 Å². The van der Waals surface area contributed by atoms with Crippen LogP contribution in [0.1, 0.15) is 34.8 Å². The number of aldehydes is 1. The summed E-state index contributed by atoms with van der Waals surface area (Å²) in [5, 5.41) is 9.65. The van der Waals surface area contributed by atoms with Gasteiger partial charge in [0.05, 0.1) is 0 Å². The summed E-state index contributed by atoms with van der Waals surface area (Å²) in [5.41, 5.74) is 1.88. The molecule has 1 aliphatic heterocycles. The van der Waals surface area contributed by atoms with E-state index in [2.05, 4.69) is 4.81 Å². The van der Waals surface area contributed by atoms with Gasteiger partial charge in [-0.1, -0.05) is 24.3 Å². The molecular weight excluding hydrogens is 201 g/mol. The normalized spacial score (nSPS) is 21.0. The number of rotatable bonds is 3. The van der Waals surface area contributed by atoms with Gasteiger partial charge < -0.3 is 9.83 Å². The molecule has 0 radical (unpaired) electrons. The maximum absolute atomic E-state index is 10.6. The van der Waals surface area contributed by atoms with Crippen molar-refractivity contribution in [3.63, 3.8) is 0 Å². The summed E-state index contributed by atoms with van der Waals surface area (Å²) in [6.07, 6.45) is 3.04. The van der Waals surface area contributed by atoms with Crippen LogP contribution < -0.4 is 0 Å². The van der Waals surface area contributed by atoms with Crippen molar-refractivity contribution >= 4 is 13.3 Å². The molecule has 1 unspecified atom stereocenters. The van der Waals surface area contributed by atoms with Crippen LogP contribution in [-0.2, 0) is 0 Å². The lowest BCUT2D eigenvalue weighted by Crippen LogP contribution is -2.36. The van der Waals surface area contributed by atoms with Crippen molar-refractivity contribution in [2.45, 2.75) is 25.7 Å². The zero-order chi connectivity index (χ0) is 11.5. The Morgan fingerprint density at radius 1 is 1.44 bits per heavy atom. The Labute approximate surface area is 96.2 Å². The molecule has 0 spiro atoms. The number of hydrogen-bond donors (Lipinski definition) is 1. The van der Waals surface area contributed by atoms with E-state index in [-0.39, 0.29) is 0 Å². The van der Waals surface area contributed by atoms with Crippen LogP contribution in [0, 0.1) is 0 Å². The lowest BCUT2D eigenvalue weighted by molar-refractivity contribution is 0.112. The minimum absolute atomic E-state index is 0.292. The van der Waals surface area contributed by atoms with Gasteiger partial charge in [0.25, 0.3) is 0 Å². The van der Waals surface area contributed by atoms with Crippen LogP contribution in [0.2, 0.25) is 6.82 Å². The average molecular weight is 217 g/mol. The van der Waals surface area contributed by atoms with Crippen LogP contribution in [0.3, 0.4) is 0 Å². The molecule has 0 aromatic heterocycles. The van der Waals surface area contributed by atoms with Gasteiger partial charge in [0, 0.05) is 11.6 Å². The summed E-state index contributed by atoms with van der Waals surface area (Å²) in [7, 11) is -0.404. The van der Waals surface area contributed by atoms with Crippen molar-refractivity contribution < 1.29 is 9.82 Å². The highest BCUT2D eigenvalue weighted by Gasteiger charge is 2.30. The molecule has 84 valence electrons. The first-order valence-electron chi connectivity index (χ1n) is 5.71. The molecule has 0 saturated carbocycles. The largest absolute Gasteiger partial charge is 0.437 e. The van der Waals surface area contributed by atoms with Crippen molar-refractivity contribution in [1.29, 1.82) is 0 Å². The molecule has 1 fully saturated rings. The third-order valence-corrected chi connectivity index (χ3v) is 3.23. The highest BCUT2D eigenvalue weighted by atomic mass is 16.2. The quantitative estimate of drug-likeness (QED) is 0.619. The van der Waals surface area contributed by atoms with Gasteiger partial charge in [-0.2, -0.15) is 0 Å². The van der Waals surface area contributed by atoms with Gasteiger partial charge in [-0.25, -0.2) is 0 Å². The minimum Gasteiger partial charge on any atom is -0.437 e. The molecule has 0 bridgehead atoms. The zero-order valence-corrected chi connectivity index (χ0v) is 9.47. The zero-order valence-electron chi connectivity index (χ0n) is 9.47. The maximum atomic E-state index is 10.6. The first kappa shape index (κ1) is 11.4. The summed E-state index contributed by atoms with van der Waals surface area (Å²) in [6, 6.07) is 7.92. The van der Waals surface area contributed by atoms with E-state index in [1.54, 1.807) is 6.82 Å². The molecule has 1 heterocycles. The second-order valence-electron chi connectivity index (χ2n) is 4.31. The van der Waals surface area contributed by atoms with Gasteiger partial charge in [0.15, 0.2) is 0 Å². The molecule has 1 N–H and O–H groups in total. The third-order valence-electron chi connectivity index (χ3n) is 3.23. The van der Waals surface area contributed by atoms with Gasteiger partial charge >= 0.3 is 7.05 Å². The summed E-state index contributed by atoms with van der Waals surface area (Å²) in [4.78, 5) is 12.7. The third kappa shape index (κ3) is 2.18. The Kier molecular flexibility index (Phi) is 3.41. The lowest BCUT2D eigenvalue weighted by Gasteiger charge is -2.25. The number of carbonyl (C=O) groups is 1. The number of nitrogens with zero attached hydrogens (tertiary/aromatic N) is 1. The van der Waals surface area contributed by atoms with E-state index in [1.165, 1.54) is 5.56 Å². The summed E-state index contributed by atoms with van der Waals surface area (Å²) in [6.45, 7) is 2.75. The molecular formula is C12H16BNO2. The predicted octanol–water partition coefficient (Wildman–Crippen LogP) is 1.75. The van der Waals surface area contributed by atoms with Crippen LogP contribution in [0.15, 0.2) is 24.3 Å². The molecule has 4 heteroatoms. The molecule has 2 rings (SSSR count). The van der Waals surface area contributed by atoms with Gasteiger partial charge in [0.2, 0.25) is 0 Å². The second kappa shape index (κ2) is 4.81. The molecule has 1 atom stereocenters. The molecule has 0 amide bonds. The average Bonchev–Trinajstić information content (AvgIpc) is 2.78. The van der Waals surface area contributed by atoms with Gasteiger partial charge in [-0.3, -0.25) is 4.79 Å². The van der Waals surface area contributed by atoms with Crippen LogP contribution in [0.4, 0.5) is 0 Å². The fourth-order valence-corrected chi connectivity index (χ4v) is 2.39. The summed E-state index contributed by atoms with van der Waals surface area (Å²) < 4.78 is 0. The Hall–Kier alpha value is -1.13. The first-order valence-corrected chi connectivity index (χ1v) is 5.71. The highest BCUT2D eigenvalue weighted by molar-refractivity contribution is 6.45. The van der Waals surface area contributed by atoms with Gasteiger partial charge in [0.1, 0.15) is 6.29 Å². The predicted molar refractivity (Wildman–Crippen MR) is 64.3 cm³/mol. The molecule has 1 aromatic rings. The molecule has 16 heavy (non-hydrogen) atoms. The van der Waals surface area contributed by atoms with E-state index in [0.29, 0.717) is 11.6 Å². The number of hydrogen-bond acceptors (Lipinski definition) is 3. The lowest BCUT2D eigenvalue weighted by atomic mass is 9.83. The van der Waals surface area contributed by atoms with E-state index in [4.69, 9.17) is 0 Å². The van der Waals surface area contributed by atoms with E-state index in [9.17, 15) is 9.82 Å². The van der Waals surface area contributed by atoms with Gasteiger partial charge in [-0.15, -0.1) is 0 Å². The number of benzene rings is 1. The standard InChI is InChI=1S/C12H16BNO2/c1-13(16)14-8-2-3-12(14)11-6-4-10(9-15)5-7-11/h4-7,9,12,16H,2-3,8H2,1H3. The number of carbonyl (C=O) groups excluding carboxylic acids is 1. The van der Waals surface area contributed by atoms with Crippen LogP contribution in [-0.4, -0.2) is 29.7 Å². The first-order chi connectivity index (χ1) is 7.72. The Morgan fingerprint density at radius 3 is 2.69 bits per heavy atom. The second-order valence-corrected chi connectivity index (χ2v) is 4.31. The van der Waals surface area contributed by atoms with E-state index in [1.807, 2.05) is 24.3 Å². The van der Waals surface area contributed by atoms with Crippen molar-refractivity contribution in [2.24, 2.45) is 0 Å².